The maximum absolute atomic E-state index is 12.7. The van der Waals surface area contributed by atoms with E-state index < -0.39 is 10.0 Å². The van der Waals surface area contributed by atoms with Gasteiger partial charge in [-0.2, -0.15) is 4.98 Å². The van der Waals surface area contributed by atoms with Gasteiger partial charge in [0.05, 0.1) is 4.90 Å². The van der Waals surface area contributed by atoms with Crippen molar-refractivity contribution >= 4 is 21.6 Å². The zero-order chi connectivity index (χ0) is 21.6. The molecule has 0 atom stereocenters. The number of hydrogen-bond donors (Lipinski definition) is 0. The topological polar surface area (TPSA) is 85.5 Å². The molecule has 0 bridgehead atoms. The first-order valence-corrected chi connectivity index (χ1v) is 11.5. The maximum atomic E-state index is 12.7. The van der Waals surface area contributed by atoms with Gasteiger partial charge in [0.25, 0.3) is 5.89 Å². The molecule has 0 amide bonds. The van der Waals surface area contributed by atoms with Crippen molar-refractivity contribution in [2.24, 2.45) is 0 Å². The Kier molecular flexibility index (Phi) is 7.47. The van der Waals surface area contributed by atoms with Crippen molar-refractivity contribution in [3.8, 4) is 5.75 Å². The van der Waals surface area contributed by atoms with E-state index in [1.165, 1.54) is 4.31 Å². The van der Waals surface area contributed by atoms with Crippen LogP contribution in [0.1, 0.15) is 30.6 Å². The second-order valence-corrected chi connectivity index (χ2v) is 9.30. The van der Waals surface area contributed by atoms with E-state index in [1.54, 1.807) is 43.4 Å². The number of aromatic nitrogens is 2. The molecule has 3 rings (SSSR count). The summed E-state index contributed by atoms with van der Waals surface area (Å²) < 4.78 is 37.5. The molecule has 9 heteroatoms. The molecule has 0 saturated carbocycles. The van der Waals surface area contributed by atoms with Crippen molar-refractivity contribution in [3.05, 3.63) is 70.8 Å². The van der Waals surface area contributed by atoms with Crippen LogP contribution in [0.3, 0.4) is 0 Å². The summed E-state index contributed by atoms with van der Waals surface area (Å²) in [7, 11) is -2.03. The highest BCUT2D eigenvalue weighted by Crippen LogP contribution is 2.18. The number of sulfonamides is 1. The fraction of sp³-hybridized carbons (Fsp3) is 0.333. The van der Waals surface area contributed by atoms with Gasteiger partial charge in [-0.25, -0.2) is 12.7 Å². The second kappa shape index (κ2) is 10.1. The Morgan fingerprint density at radius 3 is 2.43 bits per heavy atom. The van der Waals surface area contributed by atoms with Crippen LogP contribution in [-0.2, 0) is 29.5 Å². The Morgan fingerprint density at radius 1 is 1.07 bits per heavy atom. The maximum Gasteiger partial charge on any atom is 0.264 e. The molecular weight excluding hydrogens is 426 g/mol. The third kappa shape index (κ3) is 5.81. The summed E-state index contributed by atoms with van der Waals surface area (Å²) in [5.74, 6) is 1.37. The van der Waals surface area contributed by atoms with Gasteiger partial charge in [0.15, 0.2) is 12.4 Å². The third-order valence-electron chi connectivity index (χ3n) is 4.51. The lowest BCUT2D eigenvalue weighted by Gasteiger charge is -2.16. The Bertz CT molecular complexity index is 1050. The molecule has 0 aliphatic heterocycles. The number of rotatable bonds is 10. The lowest BCUT2D eigenvalue weighted by Crippen LogP contribution is -2.29. The van der Waals surface area contributed by atoms with Gasteiger partial charge in [0, 0.05) is 25.0 Å². The molecule has 1 heterocycles. The highest BCUT2D eigenvalue weighted by atomic mass is 35.5. The Balaban J connectivity index is 1.53. The van der Waals surface area contributed by atoms with Crippen molar-refractivity contribution in [2.75, 3.05) is 13.6 Å². The van der Waals surface area contributed by atoms with Crippen LogP contribution in [0.2, 0.25) is 5.02 Å². The van der Waals surface area contributed by atoms with Crippen LogP contribution in [-0.4, -0.2) is 36.5 Å². The molecule has 3 aromatic rings. The zero-order valence-electron chi connectivity index (χ0n) is 16.9. The number of hydrogen-bond acceptors (Lipinski definition) is 6. The first kappa shape index (κ1) is 22.3. The van der Waals surface area contributed by atoms with Crippen LogP contribution < -0.4 is 4.74 Å². The average molecular weight is 450 g/mol. The van der Waals surface area contributed by atoms with E-state index in [9.17, 15) is 8.42 Å². The summed E-state index contributed by atoms with van der Waals surface area (Å²) in [6.07, 6.45) is 2.27. The summed E-state index contributed by atoms with van der Waals surface area (Å²) in [6.45, 7) is 2.44. The molecule has 2 aromatic carbocycles. The van der Waals surface area contributed by atoms with Crippen LogP contribution in [0.5, 0.6) is 5.75 Å². The normalized spacial score (nSPS) is 11.7. The molecule has 0 aliphatic rings. The zero-order valence-corrected chi connectivity index (χ0v) is 18.5. The fourth-order valence-corrected chi connectivity index (χ4v) is 4.10. The van der Waals surface area contributed by atoms with E-state index >= 15 is 0 Å². The number of benzene rings is 2. The van der Waals surface area contributed by atoms with E-state index in [0.717, 1.165) is 18.4 Å². The van der Waals surface area contributed by atoms with E-state index in [1.807, 2.05) is 12.1 Å². The van der Waals surface area contributed by atoms with Gasteiger partial charge in [-0.05, 0) is 48.4 Å². The van der Waals surface area contributed by atoms with Gasteiger partial charge in [0.1, 0.15) is 5.75 Å². The van der Waals surface area contributed by atoms with Crippen LogP contribution in [0.4, 0.5) is 0 Å². The molecule has 0 N–H and O–H groups in total. The first-order chi connectivity index (χ1) is 14.4. The molecule has 30 heavy (non-hydrogen) atoms. The summed E-state index contributed by atoms with van der Waals surface area (Å²) in [4.78, 5) is 4.52. The van der Waals surface area contributed by atoms with E-state index in [2.05, 4.69) is 17.1 Å². The van der Waals surface area contributed by atoms with Crippen molar-refractivity contribution < 1.29 is 17.7 Å². The summed E-state index contributed by atoms with van der Waals surface area (Å²) in [5, 5.41) is 4.52. The van der Waals surface area contributed by atoms with E-state index in [4.69, 9.17) is 20.9 Å². The number of nitrogens with zero attached hydrogens (tertiary/aromatic N) is 3. The van der Waals surface area contributed by atoms with Crippen LogP contribution in [0.25, 0.3) is 0 Å². The molecule has 0 aliphatic carbocycles. The smallest absolute Gasteiger partial charge is 0.264 e. The molecule has 0 fully saturated rings. The molecule has 0 saturated heterocycles. The highest BCUT2D eigenvalue weighted by Gasteiger charge is 2.21. The average Bonchev–Trinajstić information content (AvgIpc) is 3.20. The minimum Gasteiger partial charge on any atom is -0.484 e. The summed E-state index contributed by atoms with van der Waals surface area (Å²) >= 11 is 5.84. The minimum absolute atomic E-state index is 0.118. The molecule has 160 valence electrons. The second-order valence-electron chi connectivity index (χ2n) is 6.82. The van der Waals surface area contributed by atoms with Gasteiger partial charge < -0.3 is 9.26 Å². The SMILES string of the molecule is CCCc1ccc(S(=O)(=O)N(C)CCc2noc(COc3ccc(Cl)cc3)n2)cc1. The molecule has 0 radical (unpaired) electrons. The predicted molar refractivity (Wildman–Crippen MR) is 114 cm³/mol. The number of ether oxygens (including phenoxy) is 1. The Morgan fingerprint density at radius 2 is 1.77 bits per heavy atom. The highest BCUT2D eigenvalue weighted by molar-refractivity contribution is 7.89. The summed E-state index contributed by atoms with van der Waals surface area (Å²) in [6, 6.07) is 14.0. The van der Waals surface area contributed by atoms with Gasteiger partial charge in [-0.1, -0.05) is 42.2 Å². The largest absolute Gasteiger partial charge is 0.484 e. The molecule has 0 spiro atoms. The van der Waals surface area contributed by atoms with Crippen LogP contribution >= 0.6 is 11.6 Å². The van der Waals surface area contributed by atoms with E-state index in [-0.39, 0.29) is 18.0 Å². The molecular formula is C21H24ClN3O4S. The van der Waals surface area contributed by atoms with Crippen molar-refractivity contribution in [1.29, 1.82) is 0 Å². The number of aryl methyl sites for hydroxylation is 1. The van der Waals surface area contributed by atoms with Crippen molar-refractivity contribution in [2.45, 2.75) is 37.7 Å². The monoisotopic (exact) mass is 449 g/mol. The molecule has 1 aromatic heterocycles. The predicted octanol–water partition coefficient (Wildman–Crippen LogP) is 4.12. The van der Waals surface area contributed by atoms with Gasteiger partial charge in [0.2, 0.25) is 10.0 Å². The fourth-order valence-electron chi connectivity index (χ4n) is 2.80. The van der Waals surface area contributed by atoms with Gasteiger partial charge in [-0.3, -0.25) is 0 Å². The number of halogens is 1. The van der Waals surface area contributed by atoms with E-state index in [0.29, 0.717) is 28.9 Å². The standard InChI is InChI=1S/C21H24ClN3O4S/c1-3-4-16-5-11-19(12-6-16)30(26,27)25(2)14-13-20-23-21(29-24-20)15-28-18-9-7-17(22)8-10-18/h5-12H,3-4,13-15H2,1-2H3. The quantitative estimate of drug-likeness (QED) is 0.463. The Labute approximate surface area is 181 Å². The first-order valence-electron chi connectivity index (χ1n) is 9.63. The van der Waals surface area contributed by atoms with Gasteiger partial charge >= 0.3 is 0 Å². The Hall–Kier alpha value is -2.42. The van der Waals surface area contributed by atoms with Crippen LogP contribution in [0.15, 0.2) is 57.9 Å². The minimum atomic E-state index is -3.57. The number of likely N-dealkylation sites (N-methyl/N-ethyl adjacent to an activating group) is 1. The van der Waals surface area contributed by atoms with Crippen LogP contribution in [0, 0.1) is 0 Å². The lowest BCUT2D eigenvalue weighted by molar-refractivity contribution is 0.242. The third-order valence-corrected chi connectivity index (χ3v) is 6.63. The summed E-state index contributed by atoms with van der Waals surface area (Å²) in [5.41, 5.74) is 1.12. The van der Waals surface area contributed by atoms with Crippen molar-refractivity contribution in [1.82, 2.24) is 14.4 Å². The lowest BCUT2D eigenvalue weighted by atomic mass is 10.1. The van der Waals surface area contributed by atoms with Crippen molar-refractivity contribution in [3.63, 3.8) is 0 Å². The molecule has 7 nitrogen and oxygen atoms in total. The van der Waals surface area contributed by atoms with Gasteiger partial charge in [-0.15, -0.1) is 0 Å². The molecule has 0 unspecified atom stereocenters.